The Kier molecular flexibility index (Phi) is 8.74. The summed E-state index contributed by atoms with van der Waals surface area (Å²) in [5.41, 5.74) is -0.499. The number of aromatic nitrogens is 2. The van der Waals surface area contributed by atoms with Crippen molar-refractivity contribution in [2.24, 2.45) is 0 Å². The van der Waals surface area contributed by atoms with E-state index in [0.29, 0.717) is 27.0 Å². The molecule has 0 bridgehead atoms. The van der Waals surface area contributed by atoms with E-state index >= 15 is 0 Å². The number of benzene rings is 2. The van der Waals surface area contributed by atoms with Gasteiger partial charge in [-0.15, -0.1) is 11.3 Å². The fraction of sp³-hybridized carbons (Fsp3) is 0.208. The molecule has 0 spiro atoms. The number of hydrogen-bond acceptors (Lipinski definition) is 9. The Hall–Kier alpha value is -2.95. The van der Waals surface area contributed by atoms with E-state index in [4.69, 9.17) is 9.05 Å². The van der Waals surface area contributed by atoms with Crippen molar-refractivity contribution in [1.82, 2.24) is 9.97 Å². The van der Waals surface area contributed by atoms with Gasteiger partial charge in [0, 0.05) is 16.8 Å². The van der Waals surface area contributed by atoms with Crippen LogP contribution in [0, 0.1) is 0 Å². The van der Waals surface area contributed by atoms with Crippen LogP contribution in [0.4, 0.5) is 11.5 Å². The van der Waals surface area contributed by atoms with Crippen molar-refractivity contribution in [1.29, 1.82) is 0 Å². The van der Waals surface area contributed by atoms with Gasteiger partial charge in [0.2, 0.25) is 5.52 Å². The number of para-hydroxylation sites is 1. The highest BCUT2D eigenvalue weighted by atomic mass is 32.1. The zero-order valence-electron chi connectivity index (χ0n) is 20.5. The maximum absolute atomic E-state index is 12.9. The standard InChI is InChI=1S/C24H26N4O7P2S/c1-3-34-36(30,31)24(37(32,33)35-4-2)28-21-19-13-14-38-23(19)27-20(26-21)16-9-8-10-17(15-16)22(29)25-18-11-6-5-7-12-18/h5-15,24H,3-4H2,1-2H3,(H,25,29)(H,30,31)(H,32,33)(H,26,27,28). The largest absolute Gasteiger partial charge is 0.362 e. The van der Waals surface area contributed by atoms with Gasteiger partial charge in [-0.1, -0.05) is 30.3 Å². The lowest BCUT2D eigenvalue weighted by molar-refractivity contribution is 0.102. The van der Waals surface area contributed by atoms with E-state index in [2.05, 4.69) is 20.6 Å². The summed E-state index contributed by atoms with van der Waals surface area (Å²) in [5.74, 6) is -0.0909. The molecule has 2 aromatic heterocycles. The van der Waals surface area contributed by atoms with E-state index in [-0.39, 0.29) is 30.8 Å². The third kappa shape index (κ3) is 6.36. The molecule has 2 unspecified atom stereocenters. The number of anilines is 2. The van der Waals surface area contributed by atoms with Gasteiger partial charge >= 0.3 is 15.2 Å². The number of nitrogens with one attached hydrogen (secondary N) is 2. The molecule has 2 heterocycles. The summed E-state index contributed by atoms with van der Waals surface area (Å²) in [6, 6.07) is 17.3. The van der Waals surface area contributed by atoms with Crippen LogP contribution in [0.2, 0.25) is 0 Å². The van der Waals surface area contributed by atoms with Crippen LogP contribution in [0.25, 0.3) is 21.6 Å². The highest BCUT2D eigenvalue weighted by Crippen LogP contribution is 2.65. The van der Waals surface area contributed by atoms with Crippen molar-refractivity contribution in [2.75, 3.05) is 23.8 Å². The molecule has 4 aromatic rings. The van der Waals surface area contributed by atoms with Gasteiger partial charge in [0.25, 0.3) is 5.91 Å². The van der Waals surface area contributed by atoms with Gasteiger partial charge in [-0.2, -0.15) is 0 Å². The number of carbonyl (C=O) groups excluding carboxylic acids is 1. The van der Waals surface area contributed by atoms with Gasteiger partial charge in [0.05, 0.1) is 18.6 Å². The molecule has 0 radical (unpaired) electrons. The van der Waals surface area contributed by atoms with Crippen LogP contribution >= 0.6 is 26.5 Å². The normalized spacial score (nSPS) is 15.4. The molecule has 0 aliphatic carbocycles. The summed E-state index contributed by atoms with van der Waals surface area (Å²) in [6.45, 7) is 2.64. The van der Waals surface area contributed by atoms with E-state index in [0.717, 1.165) is 0 Å². The number of carbonyl (C=O) groups is 1. The second-order valence-electron chi connectivity index (χ2n) is 7.92. The number of thiophene rings is 1. The Morgan fingerprint density at radius 1 is 0.974 bits per heavy atom. The maximum atomic E-state index is 12.9. The number of nitrogens with zero attached hydrogens (tertiary/aromatic N) is 2. The Balaban J connectivity index is 1.73. The number of hydrogen-bond donors (Lipinski definition) is 4. The first kappa shape index (κ1) is 28.1. The zero-order chi connectivity index (χ0) is 27.3. The summed E-state index contributed by atoms with van der Waals surface area (Å²) in [6.07, 6.45) is 0. The summed E-state index contributed by atoms with van der Waals surface area (Å²) in [4.78, 5) is 43.4. The third-order valence-electron chi connectivity index (χ3n) is 5.25. The molecule has 4 rings (SSSR count). The van der Waals surface area contributed by atoms with E-state index in [1.165, 1.54) is 25.2 Å². The van der Waals surface area contributed by atoms with Crippen LogP contribution in [0.5, 0.6) is 0 Å². The van der Waals surface area contributed by atoms with Crippen molar-refractivity contribution in [3.8, 4) is 11.4 Å². The summed E-state index contributed by atoms with van der Waals surface area (Å²) in [5, 5.41) is 7.67. The lowest BCUT2D eigenvalue weighted by atomic mass is 10.1. The SMILES string of the molecule is CCOP(=O)(O)C(Nc1nc(-c2cccc(C(=O)Nc3ccccc3)c2)nc2sccc12)P(=O)(O)OCC. The predicted octanol–water partition coefficient (Wildman–Crippen LogP) is 5.75. The molecule has 0 aliphatic rings. The number of amides is 1. The van der Waals surface area contributed by atoms with Gasteiger partial charge in [-0.05, 0) is 49.6 Å². The molecular formula is C24H26N4O7P2S. The van der Waals surface area contributed by atoms with Crippen LogP contribution in [0.1, 0.15) is 24.2 Å². The Morgan fingerprint density at radius 2 is 1.66 bits per heavy atom. The van der Waals surface area contributed by atoms with Gasteiger partial charge < -0.3 is 29.5 Å². The fourth-order valence-corrected chi connectivity index (χ4v) is 7.83. The molecule has 14 heteroatoms. The van der Waals surface area contributed by atoms with Gasteiger partial charge in [0.1, 0.15) is 10.6 Å². The van der Waals surface area contributed by atoms with Gasteiger partial charge in [-0.3, -0.25) is 13.9 Å². The van der Waals surface area contributed by atoms with Crippen LogP contribution in [-0.4, -0.2) is 44.4 Å². The van der Waals surface area contributed by atoms with Crippen LogP contribution in [0.15, 0.2) is 66.0 Å². The van der Waals surface area contributed by atoms with E-state index in [1.54, 1.807) is 47.8 Å². The van der Waals surface area contributed by atoms with E-state index in [9.17, 15) is 23.7 Å². The quantitative estimate of drug-likeness (QED) is 0.162. The molecule has 11 nitrogen and oxygen atoms in total. The maximum Gasteiger partial charge on any atom is 0.362 e. The first-order valence-electron chi connectivity index (χ1n) is 11.6. The lowest BCUT2D eigenvalue weighted by Gasteiger charge is -2.27. The molecular weight excluding hydrogens is 550 g/mol. The first-order valence-corrected chi connectivity index (χ1v) is 15.7. The summed E-state index contributed by atoms with van der Waals surface area (Å²) < 4.78 is 35.7. The smallest absolute Gasteiger partial charge is 0.346 e. The van der Waals surface area contributed by atoms with Crippen LogP contribution in [-0.2, 0) is 18.2 Å². The zero-order valence-corrected chi connectivity index (χ0v) is 23.1. The highest BCUT2D eigenvalue weighted by Gasteiger charge is 2.48. The molecule has 0 aliphatic heterocycles. The first-order chi connectivity index (χ1) is 18.1. The monoisotopic (exact) mass is 576 g/mol. The Morgan fingerprint density at radius 3 is 2.32 bits per heavy atom. The molecule has 38 heavy (non-hydrogen) atoms. The summed E-state index contributed by atoms with van der Waals surface area (Å²) in [7, 11) is -9.36. The van der Waals surface area contributed by atoms with E-state index < -0.39 is 20.7 Å². The van der Waals surface area contributed by atoms with Crippen molar-refractivity contribution >= 4 is 54.2 Å². The minimum absolute atomic E-state index is 0.0401. The minimum Gasteiger partial charge on any atom is -0.346 e. The molecule has 4 N–H and O–H groups in total. The lowest BCUT2D eigenvalue weighted by Crippen LogP contribution is -2.23. The molecule has 2 aromatic carbocycles. The van der Waals surface area contributed by atoms with Crippen molar-refractivity contribution in [2.45, 2.75) is 19.4 Å². The van der Waals surface area contributed by atoms with Crippen LogP contribution < -0.4 is 10.6 Å². The molecule has 0 saturated carbocycles. The second-order valence-corrected chi connectivity index (χ2v) is 13.0. The summed E-state index contributed by atoms with van der Waals surface area (Å²) >= 11 is 1.29. The number of fused-ring (bicyclic) bond motifs is 1. The fourth-order valence-electron chi connectivity index (χ4n) is 3.60. The third-order valence-corrected chi connectivity index (χ3v) is 10.6. The average molecular weight is 577 g/mol. The number of rotatable bonds is 11. The van der Waals surface area contributed by atoms with Crippen molar-refractivity contribution in [3.05, 3.63) is 71.6 Å². The molecule has 2 atom stereocenters. The molecule has 0 saturated heterocycles. The Labute approximate surface area is 222 Å². The van der Waals surface area contributed by atoms with Crippen molar-refractivity contribution in [3.63, 3.8) is 0 Å². The van der Waals surface area contributed by atoms with E-state index in [1.807, 2.05) is 18.2 Å². The minimum atomic E-state index is -4.68. The molecule has 1 amide bonds. The Bertz CT molecular complexity index is 1510. The van der Waals surface area contributed by atoms with Crippen LogP contribution in [0.3, 0.4) is 0 Å². The van der Waals surface area contributed by atoms with Crippen molar-refractivity contribution < 1.29 is 32.8 Å². The molecule has 200 valence electrons. The topological polar surface area (TPSA) is 160 Å². The average Bonchev–Trinajstić information content (AvgIpc) is 3.36. The second kappa shape index (κ2) is 11.8. The van der Waals surface area contributed by atoms with Gasteiger partial charge in [-0.25, -0.2) is 9.97 Å². The highest BCUT2D eigenvalue weighted by molar-refractivity contribution is 7.72. The predicted molar refractivity (Wildman–Crippen MR) is 148 cm³/mol. The van der Waals surface area contributed by atoms with Gasteiger partial charge in [0.15, 0.2) is 5.82 Å². The molecule has 0 fully saturated rings.